The van der Waals surface area contributed by atoms with Gasteiger partial charge in [-0.25, -0.2) is 4.79 Å². The quantitative estimate of drug-likeness (QED) is 0.289. The molecule has 1 saturated carbocycles. The summed E-state index contributed by atoms with van der Waals surface area (Å²) < 4.78 is 5.48. The Morgan fingerprint density at radius 3 is 2.39 bits per heavy atom. The lowest BCUT2D eigenvalue weighted by Gasteiger charge is -2.36. The fraction of sp³-hybridized carbons (Fsp3) is 0.700. The third kappa shape index (κ3) is 10.5. The van der Waals surface area contributed by atoms with Crippen molar-refractivity contribution in [1.82, 2.24) is 15.5 Å². The topological polar surface area (TPSA) is 87.7 Å². The molecule has 2 unspecified atom stereocenters. The molecule has 2 N–H and O–H groups in total. The summed E-state index contributed by atoms with van der Waals surface area (Å²) in [4.78, 5) is 42.6. The van der Waals surface area contributed by atoms with Gasteiger partial charge in [0.05, 0.1) is 0 Å². The molecule has 1 aromatic carbocycles. The number of benzene rings is 1. The van der Waals surface area contributed by atoms with Crippen molar-refractivity contribution in [3.8, 4) is 0 Å². The maximum atomic E-state index is 14.2. The van der Waals surface area contributed by atoms with E-state index in [1.165, 1.54) is 6.42 Å². The van der Waals surface area contributed by atoms with Crippen molar-refractivity contribution < 1.29 is 19.1 Å². The minimum Gasteiger partial charge on any atom is -0.444 e. The molecule has 214 valence electrons. The Kier molecular flexibility index (Phi) is 13.5. The second kappa shape index (κ2) is 16.0. The van der Waals surface area contributed by atoms with Crippen LogP contribution >= 0.6 is 11.8 Å². The van der Waals surface area contributed by atoms with Crippen molar-refractivity contribution in [2.75, 3.05) is 18.6 Å². The van der Waals surface area contributed by atoms with E-state index in [0.717, 1.165) is 56.1 Å². The lowest BCUT2D eigenvalue weighted by atomic mass is 9.93. The maximum absolute atomic E-state index is 14.2. The molecule has 1 aliphatic carbocycles. The molecule has 2 rings (SSSR count). The first kappa shape index (κ1) is 32.0. The smallest absolute Gasteiger partial charge is 0.408 e. The van der Waals surface area contributed by atoms with Crippen molar-refractivity contribution in [2.45, 2.75) is 116 Å². The normalized spacial score (nSPS) is 15.8. The monoisotopic (exact) mass is 547 g/mol. The molecular weight excluding hydrogens is 498 g/mol. The SMILES string of the molecule is CCCCCN(C(=O)C(CCSC)NC(=O)OC(C)(C)C)C(C(=O)NC1CCCCC1)c1ccccc1C. The Morgan fingerprint density at radius 2 is 1.79 bits per heavy atom. The number of amides is 3. The minimum absolute atomic E-state index is 0.127. The first-order chi connectivity index (χ1) is 18.1. The van der Waals surface area contributed by atoms with Gasteiger partial charge in [-0.2, -0.15) is 11.8 Å². The summed E-state index contributed by atoms with van der Waals surface area (Å²) >= 11 is 1.62. The van der Waals surface area contributed by atoms with E-state index in [2.05, 4.69) is 17.6 Å². The Morgan fingerprint density at radius 1 is 1.11 bits per heavy atom. The van der Waals surface area contributed by atoms with Gasteiger partial charge in [-0.15, -0.1) is 0 Å². The summed E-state index contributed by atoms with van der Waals surface area (Å²) in [6.45, 7) is 9.93. The number of thioether (sulfide) groups is 1. The van der Waals surface area contributed by atoms with Crippen LogP contribution in [0.4, 0.5) is 4.79 Å². The highest BCUT2D eigenvalue weighted by Gasteiger charge is 2.37. The standard InChI is InChI=1S/C30H49N3O4S/c1-7-8-14-20-33(28(35)25(19-21-38-6)32-29(36)37-30(3,4)5)26(24-18-13-12-15-22(24)2)27(34)31-23-16-10-9-11-17-23/h12-13,15,18,23,25-26H,7-11,14,16-17,19-21H2,1-6H3,(H,31,34)(H,32,36). The molecule has 3 amide bonds. The number of nitrogens with one attached hydrogen (secondary N) is 2. The molecule has 0 saturated heterocycles. The van der Waals surface area contributed by atoms with Gasteiger partial charge in [0.1, 0.15) is 17.7 Å². The zero-order valence-electron chi connectivity index (χ0n) is 24.3. The highest BCUT2D eigenvalue weighted by Crippen LogP contribution is 2.28. The van der Waals surface area contributed by atoms with Crippen LogP contribution in [0.15, 0.2) is 24.3 Å². The van der Waals surface area contributed by atoms with Crippen molar-refractivity contribution in [2.24, 2.45) is 0 Å². The van der Waals surface area contributed by atoms with Crippen LogP contribution in [0, 0.1) is 6.92 Å². The molecule has 0 spiro atoms. The zero-order valence-corrected chi connectivity index (χ0v) is 25.1. The number of nitrogens with zero attached hydrogens (tertiary/aromatic N) is 1. The Labute approximate surface area is 234 Å². The van der Waals surface area contributed by atoms with E-state index >= 15 is 0 Å². The first-order valence-electron chi connectivity index (χ1n) is 14.2. The number of rotatable bonds is 13. The van der Waals surface area contributed by atoms with Crippen molar-refractivity contribution >= 4 is 29.7 Å². The van der Waals surface area contributed by atoms with Gasteiger partial charge in [0.2, 0.25) is 11.8 Å². The van der Waals surface area contributed by atoms with Crippen LogP contribution in [0.1, 0.15) is 103 Å². The third-order valence-electron chi connectivity index (χ3n) is 6.88. The highest BCUT2D eigenvalue weighted by atomic mass is 32.2. The number of ether oxygens (including phenoxy) is 1. The average molecular weight is 548 g/mol. The highest BCUT2D eigenvalue weighted by molar-refractivity contribution is 7.98. The van der Waals surface area contributed by atoms with Crippen molar-refractivity contribution in [1.29, 1.82) is 0 Å². The Balaban J connectivity index is 2.45. The van der Waals surface area contributed by atoms with Crippen molar-refractivity contribution in [3.05, 3.63) is 35.4 Å². The maximum Gasteiger partial charge on any atom is 0.408 e. The molecular formula is C30H49N3O4S. The van der Waals surface area contributed by atoms with E-state index in [0.29, 0.717) is 18.7 Å². The molecule has 2 atom stereocenters. The lowest BCUT2D eigenvalue weighted by molar-refractivity contribution is -0.143. The van der Waals surface area contributed by atoms with E-state index in [-0.39, 0.29) is 17.9 Å². The number of hydrogen-bond acceptors (Lipinski definition) is 5. The summed E-state index contributed by atoms with van der Waals surface area (Å²) in [5.41, 5.74) is 1.11. The van der Waals surface area contributed by atoms with Gasteiger partial charge in [0.15, 0.2) is 0 Å². The predicted octanol–water partition coefficient (Wildman–Crippen LogP) is 6.15. The van der Waals surface area contributed by atoms with Gasteiger partial charge >= 0.3 is 6.09 Å². The summed E-state index contributed by atoms with van der Waals surface area (Å²) in [5.74, 6) is 0.308. The molecule has 7 nitrogen and oxygen atoms in total. The average Bonchev–Trinajstić information content (AvgIpc) is 2.86. The lowest BCUT2D eigenvalue weighted by Crippen LogP contribution is -2.54. The van der Waals surface area contributed by atoms with E-state index in [9.17, 15) is 14.4 Å². The number of hydrogen-bond donors (Lipinski definition) is 2. The summed E-state index contributed by atoms with van der Waals surface area (Å²) in [6, 6.07) is 6.37. The van der Waals surface area contributed by atoms with Crippen LogP contribution in [0.2, 0.25) is 0 Å². The van der Waals surface area contributed by atoms with Gasteiger partial charge in [-0.1, -0.05) is 63.3 Å². The summed E-state index contributed by atoms with van der Waals surface area (Å²) in [5, 5.41) is 6.10. The number of carbonyl (C=O) groups excluding carboxylic acids is 3. The molecule has 38 heavy (non-hydrogen) atoms. The summed E-state index contributed by atoms with van der Waals surface area (Å²) in [6.07, 6.45) is 9.87. The molecule has 0 heterocycles. The van der Waals surface area contributed by atoms with Crippen LogP contribution < -0.4 is 10.6 Å². The van der Waals surface area contributed by atoms with Crippen molar-refractivity contribution in [3.63, 3.8) is 0 Å². The largest absolute Gasteiger partial charge is 0.444 e. The van der Waals surface area contributed by atoms with Gasteiger partial charge in [0, 0.05) is 12.6 Å². The third-order valence-corrected chi connectivity index (χ3v) is 7.52. The van der Waals surface area contributed by atoms with Gasteiger partial charge in [0.25, 0.3) is 0 Å². The van der Waals surface area contributed by atoms with Crippen LogP contribution in [-0.2, 0) is 14.3 Å². The van der Waals surface area contributed by atoms with E-state index in [1.54, 1.807) is 37.4 Å². The number of alkyl carbamates (subject to hydrolysis) is 1. The molecule has 1 aliphatic rings. The zero-order chi connectivity index (χ0) is 28.1. The fourth-order valence-electron chi connectivity index (χ4n) is 4.91. The van der Waals surface area contributed by atoms with E-state index < -0.39 is 23.8 Å². The van der Waals surface area contributed by atoms with Gasteiger partial charge < -0.3 is 20.3 Å². The Hall–Kier alpha value is -2.22. The van der Waals surface area contributed by atoms with Crippen LogP contribution in [-0.4, -0.2) is 59.0 Å². The minimum atomic E-state index is -0.784. The van der Waals surface area contributed by atoms with Gasteiger partial charge in [-0.05, 0) is 76.5 Å². The number of unbranched alkanes of at least 4 members (excludes halogenated alkanes) is 2. The fourth-order valence-corrected chi connectivity index (χ4v) is 5.38. The molecule has 0 aliphatic heterocycles. The number of aryl methyl sites for hydroxylation is 1. The van der Waals surface area contributed by atoms with Crippen LogP contribution in [0.25, 0.3) is 0 Å². The van der Waals surface area contributed by atoms with Gasteiger partial charge in [-0.3, -0.25) is 9.59 Å². The number of carbonyl (C=O) groups is 3. The summed E-state index contributed by atoms with van der Waals surface area (Å²) in [7, 11) is 0. The molecule has 1 aromatic rings. The molecule has 8 heteroatoms. The molecule has 0 aromatic heterocycles. The molecule has 1 fully saturated rings. The second-order valence-electron chi connectivity index (χ2n) is 11.3. The van der Waals surface area contributed by atoms with E-state index in [1.807, 2.05) is 37.4 Å². The molecule has 0 radical (unpaired) electrons. The Bertz CT molecular complexity index is 896. The van der Waals surface area contributed by atoms with Crippen LogP contribution in [0.5, 0.6) is 0 Å². The van der Waals surface area contributed by atoms with Crippen LogP contribution in [0.3, 0.4) is 0 Å². The second-order valence-corrected chi connectivity index (χ2v) is 12.3. The molecule has 0 bridgehead atoms. The first-order valence-corrected chi connectivity index (χ1v) is 15.6. The van der Waals surface area contributed by atoms with E-state index in [4.69, 9.17) is 4.74 Å². The predicted molar refractivity (Wildman–Crippen MR) is 156 cm³/mol.